The van der Waals surface area contributed by atoms with Gasteiger partial charge in [-0.3, -0.25) is 14.6 Å². The van der Waals surface area contributed by atoms with E-state index >= 15 is 0 Å². The molecule has 3 heterocycles. The van der Waals surface area contributed by atoms with Gasteiger partial charge in [-0.1, -0.05) is 0 Å². The molecule has 144 valence electrons. The van der Waals surface area contributed by atoms with E-state index in [1.54, 1.807) is 41.2 Å². The summed E-state index contributed by atoms with van der Waals surface area (Å²) in [6.07, 6.45) is 3.61. The molecule has 1 aliphatic rings. The maximum atomic E-state index is 13.3. The van der Waals surface area contributed by atoms with Crippen molar-refractivity contribution < 1.29 is 14.3 Å². The van der Waals surface area contributed by atoms with Crippen molar-refractivity contribution in [3.05, 3.63) is 47.8 Å². The smallest absolute Gasteiger partial charge is 0.329 e. The number of ether oxygens (including phenoxy) is 1. The summed E-state index contributed by atoms with van der Waals surface area (Å²) in [5, 5.41) is 3.53. The highest BCUT2D eigenvalue weighted by Gasteiger charge is 2.33. The molecule has 0 radical (unpaired) electrons. The van der Waals surface area contributed by atoms with Crippen molar-refractivity contribution in [3.63, 3.8) is 0 Å². The fraction of sp³-hybridized carbons (Fsp3) is 0.250. The Hall–Kier alpha value is -3.55. The highest BCUT2D eigenvalue weighted by atomic mass is 16.5. The van der Waals surface area contributed by atoms with Gasteiger partial charge < -0.3 is 15.0 Å². The van der Waals surface area contributed by atoms with E-state index in [1.165, 1.54) is 7.11 Å². The molecular weight excluding hydrogens is 358 g/mol. The third-order valence-corrected chi connectivity index (χ3v) is 4.94. The van der Waals surface area contributed by atoms with Crippen LogP contribution in [0.1, 0.15) is 22.8 Å². The molecule has 2 aromatic heterocycles. The van der Waals surface area contributed by atoms with Gasteiger partial charge in [0, 0.05) is 48.6 Å². The highest BCUT2D eigenvalue weighted by Crippen LogP contribution is 2.37. The summed E-state index contributed by atoms with van der Waals surface area (Å²) in [6.45, 7) is 2.81. The van der Waals surface area contributed by atoms with Crippen LogP contribution >= 0.6 is 0 Å². The van der Waals surface area contributed by atoms with E-state index in [9.17, 15) is 9.59 Å². The second kappa shape index (κ2) is 6.88. The van der Waals surface area contributed by atoms with Crippen LogP contribution in [0.4, 0.5) is 16.2 Å². The Bertz CT molecular complexity index is 1070. The molecule has 0 unspecified atom stereocenters. The standard InChI is InChI=1S/C20H21N5O3/c1-4-24-17-13(10-23-18-16(17)5-6-22-18)11-25(20(24)27)14-7-12(19(26)21-2)8-15(9-14)28-3/h5-10H,4,11H2,1-3H3,(H,21,26)(H,22,23). The van der Waals surface area contributed by atoms with Gasteiger partial charge in [-0.25, -0.2) is 9.78 Å². The molecule has 2 N–H and O–H groups in total. The highest BCUT2D eigenvalue weighted by molar-refractivity contribution is 6.11. The summed E-state index contributed by atoms with van der Waals surface area (Å²) >= 11 is 0. The average molecular weight is 379 g/mol. The molecule has 4 rings (SSSR count). The van der Waals surface area contributed by atoms with Gasteiger partial charge in [-0.15, -0.1) is 0 Å². The van der Waals surface area contributed by atoms with E-state index in [4.69, 9.17) is 4.74 Å². The summed E-state index contributed by atoms with van der Waals surface area (Å²) in [5.74, 6) is 0.269. The minimum atomic E-state index is -0.243. The van der Waals surface area contributed by atoms with E-state index in [0.29, 0.717) is 30.1 Å². The number of nitrogens with one attached hydrogen (secondary N) is 2. The first kappa shape index (κ1) is 17.8. The monoisotopic (exact) mass is 379 g/mol. The Labute approximate surface area is 162 Å². The van der Waals surface area contributed by atoms with Crippen LogP contribution < -0.4 is 19.9 Å². The number of benzene rings is 1. The van der Waals surface area contributed by atoms with Gasteiger partial charge in [0.2, 0.25) is 0 Å². The number of H-pyrrole nitrogens is 1. The maximum Gasteiger partial charge on any atom is 0.329 e. The Morgan fingerprint density at radius 3 is 2.89 bits per heavy atom. The number of pyridine rings is 1. The summed E-state index contributed by atoms with van der Waals surface area (Å²) in [5.41, 5.74) is 3.60. The van der Waals surface area contributed by atoms with Gasteiger partial charge in [-0.2, -0.15) is 0 Å². The molecule has 1 aromatic carbocycles. The molecule has 3 amide bonds. The quantitative estimate of drug-likeness (QED) is 0.729. The summed E-state index contributed by atoms with van der Waals surface area (Å²) in [4.78, 5) is 36.4. The van der Waals surface area contributed by atoms with Gasteiger partial charge >= 0.3 is 6.03 Å². The molecule has 0 saturated heterocycles. The van der Waals surface area contributed by atoms with E-state index in [-0.39, 0.29) is 11.9 Å². The lowest BCUT2D eigenvalue weighted by Crippen LogP contribution is -2.47. The molecule has 3 aromatic rings. The molecule has 0 bridgehead atoms. The van der Waals surface area contributed by atoms with Crippen LogP contribution in [0.3, 0.4) is 0 Å². The Morgan fingerprint density at radius 2 is 2.18 bits per heavy atom. The molecular formula is C20H21N5O3. The number of urea groups is 1. The fourth-order valence-electron chi connectivity index (χ4n) is 3.58. The zero-order chi connectivity index (χ0) is 19.8. The summed E-state index contributed by atoms with van der Waals surface area (Å²) < 4.78 is 5.34. The third-order valence-electron chi connectivity index (χ3n) is 4.94. The predicted molar refractivity (Wildman–Crippen MR) is 107 cm³/mol. The number of hydrogen-bond acceptors (Lipinski definition) is 4. The second-order valence-corrected chi connectivity index (χ2v) is 6.48. The van der Waals surface area contributed by atoms with Gasteiger partial charge in [0.25, 0.3) is 5.91 Å². The Balaban J connectivity index is 1.83. The van der Waals surface area contributed by atoms with Crippen LogP contribution in [-0.4, -0.2) is 42.6 Å². The van der Waals surface area contributed by atoms with Crippen LogP contribution in [0.5, 0.6) is 5.75 Å². The first-order valence-electron chi connectivity index (χ1n) is 9.02. The number of carbonyl (C=O) groups excluding carboxylic acids is 2. The largest absolute Gasteiger partial charge is 0.497 e. The number of nitrogens with zero attached hydrogens (tertiary/aromatic N) is 3. The Morgan fingerprint density at radius 1 is 1.36 bits per heavy atom. The first-order chi connectivity index (χ1) is 13.6. The van der Waals surface area contributed by atoms with Crippen LogP contribution in [0.25, 0.3) is 11.0 Å². The Kier molecular flexibility index (Phi) is 4.38. The number of carbonyl (C=O) groups is 2. The van der Waals surface area contributed by atoms with E-state index in [2.05, 4.69) is 15.3 Å². The van der Waals surface area contributed by atoms with Gasteiger partial charge in [0.05, 0.1) is 25.0 Å². The van der Waals surface area contributed by atoms with E-state index in [1.807, 2.05) is 19.2 Å². The number of anilines is 2. The number of methoxy groups -OCH3 is 1. The zero-order valence-corrected chi connectivity index (χ0v) is 15.9. The van der Waals surface area contributed by atoms with Crippen molar-refractivity contribution in [1.82, 2.24) is 15.3 Å². The molecule has 8 heteroatoms. The van der Waals surface area contributed by atoms with Crippen molar-refractivity contribution in [1.29, 1.82) is 0 Å². The number of aromatic nitrogens is 2. The lowest BCUT2D eigenvalue weighted by atomic mass is 10.1. The van der Waals surface area contributed by atoms with Crippen molar-refractivity contribution in [2.45, 2.75) is 13.5 Å². The molecule has 28 heavy (non-hydrogen) atoms. The number of aromatic amines is 1. The number of hydrogen-bond donors (Lipinski definition) is 2. The summed E-state index contributed by atoms with van der Waals surface area (Å²) in [7, 11) is 3.10. The van der Waals surface area contributed by atoms with Crippen molar-refractivity contribution >= 4 is 34.3 Å². The fourth-order valence-corrected chi connectivity index (χ4v) is 3.58. The normalized spacial score (nSPS) is 13.6. The predicted octanol–water partition coefficient (Wildman–Crippen LogP) is 2.90. The first-order valence-corrected chi connectivity index (χ1v) is 9.02. The van der Waals surface area contributed by atoms with Gasteiger partial charge in [0.1, 0.15) is 11.4 Å². The minimum absolute atomic E-state index is 0.153. The lowest BCUT2D eigenvalue weighted by molar-refractivity contribution is 0.0962. The summed E-state index contributed by atoms with van der Waals surface area (Å²) in [6, 6.07) is 6.88. The van der Waals surface area contributed by atoms with Gasteiger partial charge in [-0.05, 0) is 25.1 Å². The second-order valence-electron chi connectivity index (χ2n) is 6.48. The third kappa shape index (κ3) is 2.74. The lowest BCUT2D eigenvalue weighted by Gasteiger charge is -2.37. The molecule has 0 aliphatic carbocycles. The molecule has 0 spiro atoms. The van der Waals surface area contributed by atoms with E-state index in [0.717, 1.165) is 22.3 Å². The van der Waals surface area contributed by atoms with Crippen molar-refractivity contribution in [3.8, 4) is 5.75 Å². The number of fused-ring (bicyclic) bond motifs is 3. The van der Waals surface area contributed by atoms with Crippen LogP contribution in [-0.2, 0) is 6.54 Å². The molecule has 0 atom stereocenters. The van der Waals surface area contributed by atoms with Crippen molar-refractivity contribution in [2.24, 2.45) is 0 Å². The molecule has 0 fully saturated rings. The topological polar surface area (TPSA) is 90.6 Å². The van der Waals surface area contributed by atoms with Gasteiger partial charge in [0.15, 0.2) is 0 Å². The number of amides is 3. The molecule has 8 nitrogen and oxygen atoms in total. The molecule has 0 saturated carbocycles. The SMILES string of the molecule is CCN1C(=O)N(c2cc(OC)cc(C(=O)NC)c2)Cc2cnc3[nH]ccc3c21. The molecule has 1 aliphatic heterocycles. The maximum absolute atomic E-state index is 13.3. The average Bonchev–Trinajstić information content (AvgIpc) is 3.21. The zero-order valence-electron chi connectivity index (χ0n) is 15.9. The number of rotatable bonds is 4. The van der Waals surface area contributed by atoms with Crippen LogP contribution in [0.2, 0.25) is 0 Å². The van der Waals surface area contributed by atoms with Crippen LogP contribution in [0.15, 0.2) is 36.7 Å². The van der Waals surface area contributed by atoms with Crippen LogP contribution in [0, 0.1) is 0 Å². The van der Waals surface area contributed by atoms with E-state index < -0.39 is 0 Å². The minimum Gasteiger partial charge on any atom is -0.497 e. The van der Waals surface area contributed by atoms with Crippen molar-refractivity contribution in [2.75, 3.05) is 30.5 Å².